The van der Waals surface area contributed by atoms with Crippen molar-refractivity contribution < 1.29 is 0 Å². The molecule has 1 saturated carbocycles. The minimum Gasteiger partial charge on any atom is -0.372 e. The number of benzene rings is 1. The summed E-state index contributed by atoms with van der Waals surface area (Å²) in [5.74, 6) is 6.89. The monoisotopic (exact) mass is 338 g/mol. The molecule has 0 saturated heterocycles. The molecule has 0 radical (unpaired) electrons. The summed E-state index contributed by atoms with van der Waals surface area (Å²) in [6.45, 7) is 2.95. The molecule has 1 aliphatic rings. The van der Waals surface area contributed by atoms with E-state index in [2.05, 4.69) is 26.8 Å². The quantitative estimate of drug-likeness (QED) is 0.633. The summed E-state index contributed by atoms with van der Waals surface area (Å²) in [5, 5.41) is 4.07. The number of hydrogen-bond acceptors (Lipinski definition) is 4. The van der Waals surface area contributed by atoms with Crippen molar-refractivity contribution in [3.05, 3.63) is 52.3 Å². The fourth-order valence-electron chi connectivity index (χ4n) is 2.61. The summed E-state index contributed by atoms with van der Waals surface area (Å²) in [4.78, 5) is 6.26. The van der Waals surface area contributed by atoms with E-state index < -0.39 is 0 Å². The Balaban J connectivity index is 1.91. The van der Waals surface area contributed by atoms with Gasteiger partial charge in [-0.3, -0.25) is 4.98 Å². The number of aryl methyl sites for hydroxylation is 1. The molecule has 1 fully saturated rings. The van der Waals surface area contributed by atoms with Gasteiger partial charge in [-0.2, -0.15) is 5.11 Å². The van der Waals surface area contributed by atoms with Crippen LogP contribution in [0.4, 0.5) is 11.4 Å². The molecule has 1 aromatic carbocycles. The molecule has 4 nitrogen and oxygen atoms in total. The van der Waals surface area contributed by atoms with Gasteiger partial charge in [-0.15, -0.1) is 0 Å². The average molecular weight is 339 g/mol. The Bertz CT molecular complexity index is 831. The lowest BCUT2D eigenvalue weighted by Crippen LogP contribution is -2.20. The van der Waals surface area contributed by atoms with E-state index >= 15 is 0 Å². The maximum absolute atomic E-state index is 7.49. The molecule has 0 spiro atoms. The Hall–Kier alpha value is -2.38. The Kier molecular flexibility index (Phi) is 4.82. The Labute approximate surface area is 147 Å². The van der Waals surface area contributed by atoms with Crippen LogP contribution in [0.3, 0.4) is 0 Å². The highest BCUT2D eigenvalue weighted by atomic mass is 35.5. The van der Waals surface area contributed by atoms with Crippen molar-refractivity contribution in [1.82, 2.24) is 4.98 Å². The summed E-state index contributed by atoms with van der Waals surface area (Å²) >= 11 is 6.45. The zero-order valence-electron chi connectivity index (χ0n) is 13.8. The molecule has 122 valence electrons. The Morgan fingerprint density at radius 1 is 1.33 bits per heavy atom. The fraction of sp³-hybridized carbons (Fsp3) is 0.316. The molecule has 0 unspecified atom stereocenters. The van der Waals surface area contributed by atoms with E-state index in [1.807, 2.05) is 32.2 Å². The van der Waals surface area contributed by atoms with Gasteiger partial charge in [0.1, 0.15) is 5.69 Å². The first-order valence-electron chi connectivity index (χ1n) is 7.93. The second-order valence-electron chi connectivity index (χ2n) is 6.23. The van der Waals surface area contributed by atoms with Crippen LogP contribution in [0.25, 0.3) is 0 Å². The lowest BCUT2D eigenvalue weighted by molar-refractivity contribution is 0.787. The van der Waals surface area contributed by atoms with E-state index in [9.17, 15) is 0 Å². The van der Waals surface area contributed by atoms with E-state index in [-0.39, 0.29) is 0 Å². The van der Waals surface area contributed by atoms with Gasteiger partial charge in [-0.05, 0) is 49.4 Å². The van der Waals surface area contributed by atoms with Gasteiger partial charge in [0.2, 0.25) is 0 Å². The van der Waals surface area contributed by atoms with Crippen LogP contribution in [-0.2, 0) is 0 Å². The van der Waals surface area contributed by atoms with Gasteiger partial charge in [0.05, 0.1) is 10.7 Å². The minimum atomic E-state index is 0.429. The zero-order chi connectivity index (χ0) is 17.1. The topological polar surface area (TPSA) is 52.3 Å². The third kappa shape index (κ3) is 3.74. The number of hydrogen-bond donors (Lipinski definition) is 1. The van der Waals surface area contributed by atoms with Crippen LogP contribution in [0.5, 0.6) is 0 Å². The van der Waals surface area contributed by atoms with Crippen molar-refractivity contribution in [2.45, 2.75) is 19.8 Å². The number of nitrogens with zero attached hydrogens (tertiary/aromatic N) is 3. The fourth-order valence-corrected chi connectivity index (χ4v) is 2.86. The third-order valence-corrected chi connectivity index (χ3v) is 4.45. The van der Waals surface area contributed by atoms with Gasteiger partial charge in [-0.1, -0.05) is 23.4 Å². The van der Waals surface area contributed by atoms with Crippen molar-refractivity contribution in [3.63, 3.8) is 0 Å². The van der Waals surface area contributed by atoms with E-state index in [1.54, 1.807) is 12.4 Å². The average Bonchev–Trinajstić information content (AvgIpc) is 3.37. The first-order valence-corrected chi connectivity index (χ1v) is 8.31. The van der Waals surface area contributed by atoms with Gasteiger partial charge < -0.3 is 4.90 Å². The lowest BCUT2D eigenvalue weighted by atomic mass is 10.1. The van der Waals surface area contributed by atoms with Gasteiger partial charge in [-0.25, -0.2) is 5.53 Å². The number of pyridine rings is 1. The van der Waals surface area contributed by atoms with Crippen LogP contribution in [0.2, 0.25) is 5.02 Å². The number of rotatable bonds is 4. The van der Waals surface area contributed by atoms with Crippen LogP contribution in [0, 0.1) is 30.2 Å². The molecule has 1 aromatic heterocycles. The number of halogens is 1. The zero-order valence-corrected chi connectivity index (χ0v) is 14.6. The van der Waals surface area contributed by atoms with E-state index in [1.165, 1.54) is 12.8 Å². The molecule has 5 heteroatoms. The van der Waals surface area contributed by atoms with Crippen LogP contribution >= 0.6 is 11.6 Å². The van der Waals surface area contributed by atoms with Crippen LogP contribution in [0.15, 0.2) is 35.7 Å². The second kappa shape index (κ2) is 7.02. The van der Waals surface area contributed by atoms with Gasteiger partial charge >= 0.3 is 0 Å². The van der Waals surface area contributed by atoms with Gasteiger partial charge in [0, 0.05) is 37.1 Å². The standard InChI is InChI=1S/C19H19ClN4/c1-13-9-15(11-22-10-13)5-6-16-7-8-17(19(23-21)18(16)20)24(2)12-14-3-4-14/h7-11,14,21H,3-4,12H2,1-2H3. The smallest absolute Gasteiger partial charge is 0.128 e. The molecule has 1 aliphatic carbocycles. The lowest BCUT2D eigenvalue weighted by Gasteiger charge is -2.21. The number of aromatic nitrogens is 1. The highest BCUT2D eigenvalue weighted by Gasteiger charge is 2.24. The molecule has 24 heavy (non-hydrogen) atoms. The molecule has 0 amide bonds. The molecular weight excluding hydrogens is 320 g/mol. The molecule has 3 rings (SSSR count). The Morgan fingerprint density at radius 3 is 2.79 bits per heavy atom. The van der Waals surface area contributed by atoms with Crippen molar-refractivity contribution in [1.29, 1.82) is 5.53 Å². The van der Waals surface area contributed by atoms with Crippen LogP contribution in [-0.4, -0.2) is 18.6 Å². The van der Waals surface area contributed by atoms with Crippen molar-refractivity contribution in [3.8, 4) is 11.8 Å². The molecule has 1 heterocycles. The molecular formula is C19H19ClN4. The van der Waals surface area contributed by atoms with Crippen molar-refractivity contribution in [2.24, 2.45) is 11.0 Å². The summed E-state index contributed by atoms with van der Waals surface area (Å²) in [7, 11) is 2.02. The van der Waals surface area contributed by atoms with E-state index in [0.29, 0.717) is 16.3 Å². The van der Waals surface area contributed by atoms with Crippen LogP contribution in [0.1, 0.15) is 29.5 Å². The predicted octanol–water partition coefficient (Wildman–Crippen LogP) is 4.95. The summed E-state index contributed by atoms with van der Waals surface area (Å²) in [6.07, 6.45) is 6.07. The molecule has 0 atom stereocenters. The molecule has 0 aliphatic heterocycles. The normalized spacial score (nSPS) is 13.1. The van der Waals surface area contributed by atoms with Gasteiger partial charge in [0.15, 0.2) is 0 Å². The van der Waals surface area contributed by atoms with E-state index in [4.69, 9.17) is 17.1 Å². The third-order valence-electron chi connectivity index (χ3n) is 4.06. The number of anilines is 1. The predicted molar refractivity (Wildman–Crippen MR) is 97.2 cm³/mol. The van der Waals surface area contributed by atoms with Crippen molar-refractivity contribution in [2.75, 3.05) is 18.5 Å². The highest BCUT2D eigenvalue weighted by Crippen LogP contribution is 2.39. The maximum Gasteiger partial charge on any atom is 0.128 e. The second-order valence-corrected chi connectivity index (χ2v) is 6.61. The van der Waals surface area contributed by atoms with Crippen LogP contribution < -0.4 is 4.90 Å². The number of nitrogens with one attached hydrogen (secondary N) is 1. The molecule has 1 N–H and O–H groups in total. The van der Waals surface area contributed by atoms with Crippen molar-refractivity contribution >= 4 is 23.0 Å². The van der Waals surface area contributed by atoms with Gasteiger partial charge in [0.25, 0.3) is 0 Å². The SMILES string of the molecule is Cc1cncc(C#Cc2ccc(N(C)CC3CC3)c(N=N)c2Cl)c1. The largest absolute Gasteiger partial charge is 0.372 e. The highest BCUT2D eigenvalue weighted by molar-refractivity contribution is 6.34. The summed E-state index contributed by atoms with van der Waals surface area (Å²) < 4.78 is 0. The Morgan fingerprint density at radius 2 is 2.12 bits per heavy atom. The molecule has 2 aromatic rings. The first-order chi connectivity index (χ1) is 11.6. The molecule has 0 bridgehead atoms. The summed E-state index contributed by atoms with van der Waals surface area (Å²) in [5.41, 5.74) is 11.4. The first kappa shape index (κ1) is 16.5. The summed E-state index contributed by atoms with van der Waals surface area (Å²) in [6, 6.07) is 5.81. The van der Waals surface area contributed by atoms with E-state index in [0.717, 1.165) is 29.3 Å². The maximum atomic E-state index is 7.49. The minimum absolute atomic E-state index is 0.429.